The Hall–Kier alpha value is -1.57. The predicted octanol–water partition coefficient (Wildman–Crippen LogP) is 2.45. The first-order chi connectivity index (χ1) is 6.42. The molecule has 0 saturated carbocycles. The zero-order chi connectivity index (χ0) is 9.10. The Kier molecular flexibility index (Phi) is 2.13. The first-order valence-corrected chi connectivity index (χ1v) is 4.44. The Labute approximate surface area is 77.5 Å². The zero-order valence-corrected chi connectivity index (χ0v) is 7.64. The molecule has 0 aliphatic heterocycles. The van der Waals surface area contributed by atoms with Gasteiger partial charge in [0.05, 0.1) is 11.7 Å². The van der Waals surface area contributed by atoms with Gasteiger partial charge in [0.25, 0.3) is 0 Å². The maximum atomic E-state index is 4.34. The second-order valence-electron chi connectivity index (χ2n) is 2.94. The smallest absolute Gasteiger partial charge is 0.117 e. The van der Waals surface area contributed by atoms with Gasteiger partial charge in [0.1, 0.15) is 5.82 Å². The van der Waals surface area contributed by atoms with Crippen molar-refractivity contribution >= 4 is 5.52 Å². The third kappa shape index (κ3) is 1.47. The molecule has 0 aliphatic carbocycles. The number of nitrogens with zero attached hydrogens (tertiary/aromatic N) is 2. The molecule has 0 bridgehead atoms. The van der Waals surface area contributed by atoms with E-state index in [2.05, 4.69) is 21.5 Å². The number of hydrogen-bond donors (Lipinski definition) is 0. The normalized spacial score (nSPS) is 11.5. The average Bonchev–Trinajstić information content (AvgIpc) is 2.58. The summed E-state index contributed by atoms with van der Waals surface area (Å²) in [5.41, 5.74) is 1.15. The summed E-state index contributed by atoms with van der Waals surface area (Å²) in [4.78, 5) is 4.34. The maximum Gasteiger partial charge on any atom is 0.117 e. The first-order valence-electron chi connectivity index (χ1n) is 4.44. The van der Waals surface area contributed by atoms with Crippen LogP contribution < -0.4 is 0 Å². The van der Waals surface area contributed by atoms with E-state index in [4.69, 9.17) is 0 Å². The van der Waals surface area contributed by atoms with E-state index in [-0.39, 0.29) is 0 Å². The first kappa shape index (κ1) is 8.05. The van der Waals surface area contributed by atoms with E-state index in [1.165, 1.54) is 0 Å². The molecule has 0 aliphatic rings. The molecule has 0 spiro atoms. The third-order valence-electron chi connectivity index (χ3n) is 2.05. The van der Waals surface area contributed by atoms with E-state index in [9.17, 15) is 0 Å². The van der Waals surface area contributed by atoms with Gasteiger partial charge in [0.2, 0.25) is 0 Å². The van der Waals surface area contributed by atoms with Crippen LogP contribution >= 0.6 is 0 Å². The lowest BCUT2D eigenvalue weighted by atomic mass is 10.3. The summed E-state index contributed by atoms with van der Waals surface area (Å²) in [7, 11) is 0. The van der Waals surface area contributed by atoms with E-state index < -0.39 is 0 Å². The van der Waals surface area contributed by atoms with Crippen molar-refractivity contribution in [3.63, 3.8) is 0 Å². The molecule has 2 heteroatoms. The Bertz CT molecular complexity index is 426. The van der Waals surface area contributed by atoms with Gasteiger partial charge in [-0.05, 0) is 19.1 Å². The number of pyridine rings is 1. The number of allylic oxidation sites excluding steroid dienone is 2. The topological polar surface area (TPSA) is 17.3 Å². The fraction of sp³-hybridized carbons (Fsp3) is 0.182. The van der Waals surface area contributed by atoms with Crippen molar-refractivity contribution < 1.29 is 0 Å². The van der Waals surface area contributed by atoms with Gasteiger partial charge in [-0.3, -0.25) is 0 Å². The fourth-order valence-electron chi connectivity index (χ4n) is 1.37. The molecule has 0 radical (unpaired) electrons. The summed E-state index contributed by atoms with van der Waals surface area (Å²) in [5.74, 6) is 1.09. The van der Waals surface area contributed by atoms with Crippen LogP contribution in [0, 0.1) is 0 Å². The number of rotatable bonds is 2. The third-order valence-corrected chi connectivity index (χ3v) is 2.05. The van der Waals surface area contributed by atoms with Crippen molar-refractivity contribution in [1.29, 1.82) is 0 Å². The molecule has 2 aromatic heterocycles. The summed E-state index contributed by atoms with van der Waals surface area (Å²) < 4.78 is 2.11. The van der Waals surface area contributed by atoms with Crippen LogP contribution in [-0.4, -0.2) is 9.38 Å². The lowest BCUT2D eigenvalue weighted by molar-refractivity contribution is 0.981. The fourth-order valence-corrected chi connectivity index (χ4v) is 1.37. The van der Waals surface area contributed by atoms with Crippen LogP contribution in [0.1, 0.15) is 12.7 Å². The largest absolute Gasteiger partial charge is 0.303 e. The van der Waals surface area contributed by atoms with Crippen LogP contribution in [0.2, 0.25) is 0 Å². The van der Waals surface area contributed by atoms with Crippen LogP contribution in [-0.2, 0) is 6.42 Å². The van der Waals surface area contributed by atoms with Gasteiger partial charge in [-0.25, -0.2) is 4.98 Å². The average molecular weight is 172 g/mol. The van der Waals surface area contributed by atoms with Gasteiger partial charge in [0, 0.05) is 12.6 Å². The summed E-state index contributed by atoms with van der Waals surface area (Å²) in [5, 5.41) is 0. The Morgan fingerprint density at radius 1 is 1.46 bits per heavy atom. The number of fused-ring (bicyclic) bond motifs is 1. The highest BCUT2D eigenvalue weighted by molar-refractivity contribution is 5.45. The van der Waals surface area contributed by atoms with E-state index in [0.717, 1.165) is 17.8 Å². The van der Waals surface area contributed by atoms with E-state index >= 15 is 0 Å². The summed E-state index contributed by atoms with van der Waals surface area (Å²) >= 11 is 0. The minimum absolute atomic E-state index is 0.898. The van der Waals surface area contributed by atoms with Crippen LogP contribution in [0.3, 0.4) is 0 Å². The Morgan fingerprint density at radius 2 is 2.38 bits per heavy atom. The second-order valence-corrected chi connectivity index (χ2v) is 2.94. The monoisotopic (exact) mass is 172 g/mol. The van der Waals surface area contributed by atoms with Crippen molar-refractivity contribution in [2.75, 3.05) is 0 Å². The van der Waals surface area contributed by atoms with E-state index in [1.54, 1.807) is 0 Å². The quantitative estimate of drug-likeness (QED) is 0.636. The van der Waals surface area contributed by atoms with Gasteiger partial charge in [-0.2, -0.15) is 0 Å². The molecular weight excluding hydrogens is 160 g/mol. The molecule has 2 nitrogen and oxygen atoms in total. The van der Waals surface area contributed by atoms with E-state index in [0.29, 0.717) is 0 Å². The minimum Gasteiger partial charge on any atom is -0.303 e. The van der Waals surface area contributed by atoms with Crippen molar-refractivity contribution in [3.05, 3.63) is 48.6 Å². The van der Waals surface area contributed by atoms with Gasteiger partial charge in [-0.15, -0.1) is 0 Å². The highest BCUT2D eigenvalue weighted by Gasteiger charge is 1.98. The molecule has 0 atom stereocenters. The number of aromatic nitrogens is 2. The molecule has 0 aromatic carbocycles. The zero-order valence-electron chi connectivity index (χ0n) is 7.64. The molecule has 66 valence electrons. The molecule has 0 amide bonds. The molecule has 0 fully saturated rings. The van der Waals surface area contributed by atoms with E-state index in [1.807, 2.05) is 37.5 Å². The Morgan fingerprint density at radius 3 is 3.23 bits per heavy atom. The van der Waals surface area contributed by atoms with Crippen LogP contribution in [0.4, 0.5) is 0 Å². The van der Waals surface area contributed by atoms with Gasteiger partial charge >= 0.3 is 0 Å². The van der Waals surface area contributed by atoms with Crippen LogP contribution in [0.5, 0.6) is 0 Å². The second kappa shape index (κ2) is 3.44. The minimum atomic E-state index is 0.898. The van der Waals surface area contributed by atoms with Crippen molar-refractivity contribution in [2.24, 2.45) is 0 Å². The van der Waals surface area contributed by atoms with Gasteiger partial charge < -0.3 is 4.40 Å². The summed E-state index contributed by atoms with van der Waals surface area (Å²) in [6.45, 7) is 2.02. The lowest BCUT2D eigenvalue weighted by Gasteiger charge is -1.96. The molecular formula is C11H12N2. The van der Waals surface area contributed by atoms with Gasteiger partial charge in [0.15, 0.2) is 0 Å². The van der Waals surface area contributed by atoms with Crippen LogP contribution in [0.25, 0.3) is 5.52 Å². The predicted molar refractivity (Wildman–Crippen MR) is 53.7 cm³/mol. The lowest BCUT2D eigenvalue weighted by Crippen LogP contribution is -1.91. The van der Waals surface area contributed by atoms with Crippen molar-refractivity contribution in [2.45, 2.75) is 13.3 Å². The standard InChI is InChI=1S/C11H12N2/c1-2-3-7-11-12-9-10-6-4-5-8-13(10)11/h2-6,8-9H,7H2,1H3/b3-2-. The molecule has 0 saturated heterocycles. The molecule has 13 heavy (non-hydrogen) atoms. The number of imidazole rings is 1. The van der Waals surface area contributed by atoms with Crippen LogP contribution in [0.15, 0.2) is 42.7 Å². The molecule has 2 rings (SSSR count). The maximum absolute atomic E-state index is 4.34. The SMILES string of the molecule is C/C=C\Cc1ncc2ccccn12. The molecule has 2 heterocycles. The summed E-state index contributed by atoms with van der Waals surface area (Å²) in [6, 6.07) is 6.11. The van der Waals surface area contributed by atoms with Crippen molar-refractivity contribution in [1.82, 2.24) is 9.38 Å². The molecule has 0 unspecified atom stereocenters. The highest BCUT2D eigenvalue weighted by Crippen LogP contribution is 2.06. The molecule has 0 N–H and O–H groups in total. The summed E-state index contributed by atoms with van der Waals surface area (Å²) in [6.07, 6.45) is 9.00. The Balaban J connectivity index is 2.45. The molecule has 2 aromatic rings. The van der Waals surface area contributed by atoms with Gasteiger partial charge in [-0.1, -0.05) is 18.2 Å². The van der Waals surface area contributed by atoms with Crippen molar-refractivity contribution in [3.8, 4) is 0 Å². The number of hydrogen-bond acceptors (Lipinski definition) is 1. The highest BCUT2D eigenvalue weighted by atomic mass is 15.0.